The van der Waals surface area contributed by atoms with Crippen molar-refractivity contribution in [3.8, 4) is 5.75 Å². The van der Waals surface area contributed by atoms with Gasteiger partial charge < -0.3 is 15.0 Å². The van der Waals surface area contributed by atoms with Gasteiger partial charge in [0.15, 0.2) is 0 Å². The van der Waals surface area contributed by atoms with E-state index in [1.54, 1.807) is 32.4 Å². The van der Waals surface area contributed by atoms with Gasteiger partial charge in [-0.1, -0.05) is 6.92 Å². The largest absolute Gasteiger partial charge is 0.489 e. The van der Waals surface area contributed by atoms with Crippen molar-refractivity contribution in [3.05, 3.63) is 24.0 Å². The quantitative estimate of drug-likeness (QED) is 0.889. The van der Waals surface area contributed by atoms with Crippen LogP contribution in [0.2, 0.25) is 0 Å². The molecular formula is C14H21N3O2. The van der Waals surface area contributed by atoms with Gasteiger partial charge in [-0.25, -0.2) is 0 Å². The zero-order chi connectivity index (χ0) is 13.8. The van der Waals surface area contributed by atoms with Gasteiger partial charge in [0.25, 0.3) is 5.91 Å². The number of piperidine rings is 1. The zero-order valence-corrected chi connectivity index (χ0v) is 11.7. The third-order valence-electron chi connectivity index (χ3n) is 3.40. The van der Waals surface area contributed by atoms with Gasteiger partial charge in [0.05, 0.1) is 0 Å². The molecule has 5 nitrogen and oxygen atoms in total. The molecule has 0 bridgehead atoms. The van der Waals surface area contributed by atoms with Crippen molar-refractivity contribution < 1.29 is 9.53 Å². The van der Waals surface area contributed by atoms with E-state index >= 15 is 0 Å². The molecule has 2 unspecified atom stereocenters. The fourth-order valence-corrected chi connectivity index (χ4v) is 2.12. The summed E-state index contributed by atoms with van der Waals surface area (Å²) < 4.78 is 5.96. The van der Waals surface area contributed by atoms with Gasteiger partial charge in [0, 0.05) is 32.9 Å². The summed E-state index contributed by atoms with van der Waals surface area (Å²) in [6.45, 7) is 4.08. The molecule has 1 aliphatic heterocycles. The van der Waals surface area contributed by atoms with Crippen molar-refractivity contribution in [3.63, 3.8) is 0 Å². The van der Waals surface area contributed by atoms with E-state index < -0.39 is 0 Å². The van der Waals surface area contributed by atoms with Gasteiger partial charge in [-0.2, -0.15) is 0 Å². The molecule has 1 aliphatic rings. The number of aromatic nitrogens is 1. The van der Waals surface area contributed by atoms with Crippen molar-refractivity contribution in [1.82, 2.24) is 15.2 Å². The van der Waals surface area contributed by atoms with E-state index in [9.17, 15) is 4.79 Å². The predicted molar refractivity (Wildman–Crippen MR) is 73.3 cm³/mol. The molecule has 104 valence electrons. The molecule has 0 aromatic carbocycles. The van der Waals surface area contributed by atoms with Crippen molar-refractivity contribution in [2.24, 2.45) is 5.92 Å². The molecule has 1 aromatic rings. The molecular weight excluding hydrogens is 242 g/mol. The third kappa shape index (κ3) is 3.44. The van der Waals surface area contributed by atoms with Crippen LogP contribution in [0.15, 0.2) is 18.3 Å². The Bertz CT molecular complexity index is 448. The first-order valence-electron chi connectivity index (χ1n) is 6.63. The fourth-order valence-electron chi connectivity index (χ4n) is 2.12. The molecule has 1 aromatic heterocycles. The lowest BCUT2D eigenvalue weighted by molar-refractivity contribution is 0.0819. The van der Waals surface area contributed by atoms with Crippen LogP contribution in [-0.2, 0) is 0 Å². The summed E-state index contributed by atoms with van der Waals surface area (Å²) in [5.41, 5.74) is 0.416. The smallest absolute Gasteiger partial charge is 0.272 e. The van der Waals surface area contributed by atoms with E-state index in [0.29, 0.717) is 17.4 Å². The first-order valence-corrected chi connectivity index (χ1v) is 6.63. The first-order chi connectivity index (χ1) is 9.08. The Kier molecular flexibility index (Phi) is 4.37. The maximum absolute atomic E-state index is 11.8. The van der Waals surface area contributed by atoms with Crippen LogP contribution < -0.4 is 10.1 Å². The highest BCUT2D eigenvalue weighted by atomic mass is 16.5. The number of pyridine rings is 1. The number of nitrogens with zero attached hydrogens (tertiary/aromatic N) is 2. The van der Waals surface area contributed by atoms with Gasteiger partial charge in [-0.15, -0.1) is 0 Å². The monoisotopic (exact) mass is 263 g/mol. The molecule has 2 atom stereocenters. The normalized spacial score (nSPS) is 22.9. The van der Waals surface area contributed by atoms with Gasteiger partial charge >= 0.3 is 0 Å². The van der Waals surface area contributed by atoms with Crippen LogP contribution in [0.4, 0.5) is 0 Å². The second kappa shape index (κ2) is 6.02. The van der Waals surface area contributed by atoms with E-state index in [0.717, 1.165) is 19.5 Å². The van der Waals surface area contributed by atoms with Gasteiger partial charge in [0.2, 0.25) is 0 Å². The summed E-state index contributed by atoms with van der Waals surface area (Å²) in [5.74, 6) is 1.11. The Balaban J connectivity index is 2.08. The molecule has 1 saturated heterocycles. The highest BCUT2D eigenvalue weighted by molar-refractivity contribution is 5.92. The molecule has 0 radical (unpaired) electrons. The second-order valence-corrected chi connectivity index (χ2v) is 5.20. The summed E-state index contributed by atoms with van der Waals surface area (Å²) in [6.07, 6.45) is 2.88. The topological polar surface area (TPSA) is 54.5 Å². The molecule has 1 amide bonds. The molecule has 2 heterocycles. The van der Waals surface area contributed by atoms with Crippen molar-refractivity contribution in [1.29, 1.82) is 0 Å². The number of amides is 1. The molecule has 5 heteroatoms. The minimum Gasteiger partial charge on any atom is -0.489 e. The van der Waals surface area contributed by atoms with Crippen molar-refractivity contribution >= 4 is 5.91 Å². The second-order valence-electron chi connectivity index (χ2n) is 5.20. The van der Waals surface area contributed by atoms with Crippen LogP contribution in [0.1, 0.15) is 23.8 Å². The van der Waals surface area contributed by atoms with Gasteiger partial charge in [-0.3, -0.25) is 9.78 Å². The highest BCUT2D eigenvalue weighted by Gasteiger charge is 2.23. The SMILES string of the molecule is CC1CCNCC1Oc1ccnc(C(=O)N(C)C)c1. The van der Waals surface area contributed by atoms with Crippen molar-refractivity contribution in [2.75, 3.05) is 27.2 Å². The summed E-state index contributed by atoms with van der Waals surface area (Å²) in [5, 5.41) is 3.33. The Morgan fingerprint density at radius 3 is 3.00 bits per heavy atom. The van der Waals surface area contributed by atoms with Crippen molar-refractivity contribution in [2.45, 2.75) is 19.4 Å². The number of hydrogen-bond donors (Lipinski definition) is 1. The fraction of sp³-hybridized carbons (Fsp3) is 0.571. The van der Waals surface area contributed by atoms with Crippen LogP contribution in [0, 0.1) is 5.92 Å². The summed E-state index contributed by atoms with van der Waals surface area (Å²) in [4.78, 5) is 17.4. The van der Waals surface area contributed by atoms with E-state index in [-0.39, 0.29) is 12.0 Å². The minimum atomic E-state index is -0.111. The summed E-state index contributed by atoms with van der Waals surface area (Å²) in [7, 11) is 3.43. The number of carbonyl (C=O) groups excluding carboxylic acids is 1. The lowest BCUT2D eigenvalue weighted by atomic mass is 9.97. The Labute approximate surface area is 114 Å². The molecule has 1 fully saturated rings. The van der Waals surface area contributed by atoms with Gasteiger partial charge in [0.1, 0.15) is 17.5 Å². The summed E-state index contributed by atoms with van der Waals surface area (Å²) >= 11 is 0. The number of rotatable bonds is 3. The molecule has 0 aliphatic carbocycles. The van der Waals surface area contributed by atoms with Crippen LogP contribution in [0.5, 0.6) is 5.75 Å². The number of nitrogens with one attached hydrogen (secondary N) is 1. The predicted octanol–water partition coefficient (Wildman–Crippen LogP) is 1.16. The van der Waals surface area contributed by atoms with Crippen LogP contribution in [0.25, 0.3) is 0 Å². The van der Waals surface area contributed by atoms with Crippen LogP contribution in [0.3, 0.4) is 0 Å². The van der Waals surface area contributed by atoms with Crippen LogP contribution >= 0.6 is 0 Å². The molecule has 0 spiro atoms. The highest BCUT2D eigenvalue weighted by Crippen LogP contribution is 2.20. The Morgan fingerprint density at radius 2 is 2.32 bits per heavy atom. The number of carbonyl (C=O) groups is 1. The van der Waals surface area contributed by atoms with E-state index in [2.05, 4.69) is 17.2 Å². The lowest BCUT2D eigenvalue weighted by Crippen LogP contribution is -2.42. The third-order valence-corrected chi connectivity index (χ3v) is 3.40. The first kappa shape index (κ1) is 13.8. The Hall–Kier alpha value is -1.62. The van der Waals surface area contributed by atoms with Gasteiger partial charge in [-0.05, 0) is 24.9 Å². The van der Waals surface area contributed by atoms with E-state index in [1.165, 1.54) is 4.90 Å². The molecule has 1 N–H and O–H groups in total. The maximum Gasteiger partial charge on any atom is 0.272 e. The van der Waals surface area contributed by atoms with E-state index in [4.69, 9.17) is 4.74 Å². The number of hydrogen-bond acceptors (Lipinski definition) is 4. The standard InChI is InChI=1S/C14H21N3O2/c1-10-4-6-15-9-13(10)19-11-5-7-16-12(8-11)14(18)17(2)3/h5,7-8,10,13,15H,4,6,9H2,1-3H3. The van der Waals surface area contributed by atoms with Crippen LogP contribution in [-0.4, -0.2) is 49.1 Å². The minimum absolute atomic E-state index is 0.111. The Morgan fingerprint density at radius 1 is 1.53 bits per heavy atom. The number of ether oxygens (including phenoxy) is 1. The maximum atomic E-state index is 11.8. The molecule has 19 heavy (non-hydrogen) atoms. The van der Waals surface area contributed by atoms with E-state index in [1.807, 2.05) is 0 Å². The average molecular weight is 263 g/mol. The lowest BCUT2D eigenvalue weighted by Gasteiger charge is -2.30. The summed E-state index contributed by atoms with van der Waals surface area (Å²) in [6, 6.07) is 3.51. The molecule has 0 saturated carbocycles. The zero-order valence-electron chi connectivity index (χ0n) is 11.7. The average Bonchev–Trinajstić information content (AvgIpc) is 2.41. The molecule has 2 rings (SSSR count).